The van der Waals surface area contributed by atoms with Gasteiger partial charge >= 0.3 is 0 Å². The normalized spacial score (nSPS) is 22.9. The molecule has 0 amide bonds. The number of hydrogen-bond donors (Lipinski definition) is 1. The molecule has 3 aliphatic rings. The number of hydrogen-bond acceptors (Lipinski definition) is 7. The van der Waals surface area contributed by atoms with Crippen LogP contribution in [0.3, 0.4) is 0 Å². The molecule has 34 heavy (non-hydrogen) atoms. The van der Waals surface area contributed by atoms with Crippen LogP contribution in [0.1, 0.15) is 18.1 Å². The van der Waals surface area contributed by atoms with E-state index in [2.05, 4.69) is 68.3 Å². The number of fused-ring (bicyclic) bond motifs is 3. The Morgan fingerprint density at radius 1 is 1.09 bits per heavy atom. The first-order valence-corrected chi connectivity index (χ1v) is 12.2. The van der Waals surface area contributed by atoms with Gasteiger partial charge in [0.25, 0.3) is 0 Å². The summed E-state index contributed by atoms with van der Waals surface area (Å²) in [5.41, 5.74) is 5.08. The zero-order valence-corrected chi connectivity index (χ0v) is 19.6. The lowest BCUT2D eigenvalue weighted by Crippen LogP contribution is -2.58. The molecule has 1 N–H and O–H groups in total. The highest BCUT2D eigenvalue weighted by Crippen LogP contribution is 2.35. The fraction of sp³-hybridized carbons (Fsp3) is 0.407. The Morgan fingerprint density at radius 2 is 1.97 bits per heavy atom. The smallest absolute Gasteiger partial charge is 0.125 e. The monoisotopic (exact) mass is 454 g/mol. The largest absolute Gasteiger partial charge is 0.491 e. The third kappa shape index (κ3) is 3.73. The van der Waals surface area contributed by atoms with Crippen LogP contribution in [-0.4, -0.2) is 67.8 Å². The molecule has 0 unspecified atom stereocenters. The molecular weight excluding hydrogens is 424 g/mol. The van der Waals surface area contributed by atoms with Gasteiger partial charge in [0.15, 0.2) is 0 Å². The highest BCUT2D eigenvalue weighted by atomic mass is 16.5. The van der Waals surface area contributed by atoms with Crippen molar-refractivity contribution in [2.45, 2.75) is 25.6 Å². The van der Waals surface area contributed by atoms with Crippen LogP contribution in [0.15, 0.2) is 48.7 Å². The molecule has 7 nitrogen and oxygen atoms in total. The number of anilines is 2. The molecule has 0 aliphatic carbocycles. The third-order valence-electron chi connectivity index (χ3n) is 7.48. The van der Waals surface area contributed by atoms with E-state index in [4.69, 9.17) is 4.74 Å². The van der Waals surface area contributed by atoms with Gasteiger partial charge < -0.3 is 19.9 Å². The molecule has 2 fully saturated rings. The maximum atomic E-state index is 9.52. The summed E-state index contributed by atoms with van der Waals surface area (Å²) in [6, 6.07) is 17.7. The molecule has 7 heteroatoms. The Kier molecular flexibility index (Phi) is 5.48. The van der Waals surface area contributed by atoms with E-state index in [-0.39, 0.29) is 0 Å². The van der Waals surface area contributed by atoms with E-state index in [0.29, 0.717) is 24.3 Å². The van der Waals surface area contributed by atoms with Gasteiger partial charge in [-0.3, -0.25) is 9.88 Å². The summed E-state index contributed by atoms with van der Waals surface area (Å²) in [4.78, 5) is 12.0. The SMILES string of the molecule is C[C@H]1CN(c2ccc(C#N)c3ncccc23)C[C@H]2COc3cc(N4CCNCC4)ccc3CN21. The second-order valence-electron chi connectivity index (χ2n) is 9.56. The van der Waals surface area contributed by atoms with Gasteiger partial charge in [0.05, 0.1) is 17.1 Å². The maximum absolute atomic E-state index is 9.52. The van der Waals surface area contributed by atoms with Crippen molar-refractivity contribution in [3.8, 4) is 11.8 Å². The summed E-state index contributed by atoms with van der Waals surface area (Å²) < 4.78 is 6.44. The maximum Gasteiger partial charge on any atom is 0.125 e. The van der Waals surface area contributed by atoms with Crippen LogP contribution >= 0.6 is 0 Å². The van der Waals surface area contributed by atoms with Crippen molar-refractivity contribution in [3.05, 3.63) is 59.8 Å². The van der Waals surface area contributed by atoms with Gasteiger partial charge in [0.1, 0.15) is 18.4 Å². The second-order valence-corrected chi connectivity index (χ2v) is 9.56. The lowest BCUT2D eigenvalue weighted by Gasteiger charge is -2.45. The Labute approximate surface area is 200 Å². The first kappa shape index (κ1) is 21.2. The van der Waals surface area contributed by atoms with E-state index in [1.165, 1.54) is 11.3 Å². The van der Waals surface area contributed by atoms with Crippen LogP contribution in [0.25, 0.3) is 10.9 Å². The van der Waals surface area contributed by atoms with Crippen molar-refractivity contribution in [1.82, 2.24) is 15.2 Å². The fourth-order valence-corrected chi connectivity index (χ4v) is 5.68. The minimum absolute atomic E-state index is 0.293. The lowest BCUT2D eigenvalue weighted by molar-refractivity contribution is 0.0892. The summed E-state index contributed by atoms with van der Waals surface area (Å²) in [7, 11) is 0. The molecule has 0 radical (unpaired) electrons. The van der Waals surface area contributed by atoms with Crippen molar-refractivity contribution in [2.24, 2.45) is 0 Å². The number of rotatable bonds is 2. The van der Waals surface area contributed by atoms with E-state index in [1.807, 2.05) is 12.1 Å². The first-order valence-electron chi connectivity index (χ1n) is 12.2. The van der Waals surface area contributed by atoms with Crippen LogP contribution in [0.5, 0.6) is 5.75 Å². The topological polar surface area (TPSA) is 67.7 Å². The number of nitrogens with zero attached hydrogens (tertiary/aromatic N) is 5. The predicted octanol–water partition coefficient (Wildman–Crippen LogP) is 2.99. The van der Waals surface area contributed by atoms with E-state index in [9.17, 15) is 5.26 Å². The van der Waals surface area contributed by atoms with Crippen LogP contribution in [0.2, 0.25) is 0 Å². The molecule has 1 aromatic heterocycles. The van der Waals surface area contributed by atoms with Crippen LogP contribution in [0, 0.1) is 11.3 Å². The van der Waals surface area contributed by atoms with E-state index >= 15 is 0 Å². The summed E-state index contributed by atoms with van der Waals surface area (Å²) in [6.45, 7) is 9.84. The number of nitrogens with one attached hydrogen (secondary N) is 1. The van der Waals surface area contributed by atoms with E-state index in [0.717, 1.165) is 68.2 Å². The van der Waals surface area contributed by atoms with Gasteiger partial charge in [-0.1, -0.05) is 6.07 Å². The predicted molar refractivity (Wildman–Crippen MR) is 134 cm³/mol. The van der Waals surface area contributed by atoms with Crippen molar-refractivity contribution >= 4 is 22.3 Å². The molecule has 2 atom stereocenters. The molecule has 0 saturated carbocycles. The Bertz CT molecular complexity index is 1250. The Morgan fingerprint density at radius 3 is 2.82 bits per heavy atom. The molecule has 3 aromatic rings. The first-order chi connectivity index (χ1) is 16.7. The van der Waals surface area contributed by atoms with E-state index < -0.39 is 0 Å². The minimum Gasteiger partial charge on any atom is -0.491 e. The Balaban J connectivity index is 1.26. The van der Waals surface area contributed by atoms with Gasteiger partial charge in [0, 0.05) is 86.4 Å². The molecule has 6 rings (SSSR count). The Hall–Kier alpha value is -3.34. The third-order valence-corrected chi connectivity index (χ3v) is 7.48. The standard InChI is InChI=1S/C27H30N6O/c1-19-15-32(25-7-5-20(14-28)27-24(25)3-2-8-30-27)17-23-18-34-26-13-22(31-11-9-29-10-12-31)6-4-21(26)16-33(19)23/h2-8,13,19,23,29H,9-12,15-18H2,1H3/t19-,23-/m0/s1. The number of piperazine rings is 2. The summed E-state index contributed by atoms with van der Waals surface area (Å²) in [6.07, 6.45) is 1.76. The summed E-state index contributed by atoms with van der Waals surface area (Å²) >= 11 is 0. The number of ether oxygens (including phenoxy) is 1. The summed E-state index contributed by atoms with van der Waals surface area (Å²) in [5.74, 6) is 1.03. The molecular formula is C27H30N6O. The average molecular weight is 455 g/mol. The van der Waals surface area contributed by atoms with Gasteiger partial charge in [-0.25, -0.2) is 0 Å². The van der Waals surface area contributed by atoms with Gasteiger partial charge in [-0.2, -0.15) is 5.26 Å². The number of nitriles is 1. The second kappa shape index (κ2) is 8.79. The van der Waals surface area contributed by atoms with Gasteiger partial charge in [-0.15, -0.1) is 0 Å². The molecule has 4 heterocycles. The quantitative estimate of drug-likeness (QED) is 0.639. The molecule has 3 aliphatic heterocycles. The average Bonchev–Trinajstić information content (AvgIpc) is 3.08. The van der Waals surface area contributed by atoms with Crippen LogP contribution in [0.4, 0.5) is 11.4 Å². The van der Waals surface area contributed by atoms with Crippen LogP contribution in [-0.2, 0) is 6.54 Å². The van der Waals surface area contributed by atoms with Crippen molar-refractivity contribution in [3.63, 3.8) is 0 Å². The summed E-state index contributed by atoms with van der Waals surface area (Å²) in [5, 5.41) is 14.0. The van der Waals surface area contributed by atoms with Crippen LogP contribution < -0.4 is 19.9 Å². The number of aromatic nitrogens is 1. The molecule has 2 aromatic carbocycles. The van der Waals surface area contributed by atoms with Gasteiger partial charge in [0.2, 0.25) is 0 Å². The van der Waals surface area contributed by atoms with Crippen molar-refractivity contribution in [1.29, 1.82) is 5.26 Å². The molecule has 174 valence electrons. The van der Waals surface area contributed by atoms with Crippen molar-refractivity contribution in [2.75, 3.05) is 55.7 Å². The molecule has 0 spiro atoms. The number of benzene rings is 2. The number of pyridine rings is 1. The zero-order chi connectivity index (χ0) is 23.1. The van der Waals surface area contributed by atoms with Crippen molar-refractivity contribution < 1.29 is 4.74 Å². The minimum atomic E-state index is 0.293. The van der Waals surface area contributed by atoms with E-state index in [1.54, 1.807) is 6.20 Å². The molecule has 0 bridgehead atoms. The highest BCUT2D eigenvalue weighted by molar-refractivity contribution is 5.95. The lowest BCUT2D eigenvalue weighted by atomic mass is 10.0. The zero-order valence-electron chi connectivity index (χ0n) is 19.6. The molecule has 2 saturated heterocycles. The highest BCUT2D eigenvalue weighted by Gasteiger charge is 2.35. The van der Waals surface area contributed by atoms with Gasteiger partial charge in [-0.05, 0) is 37.3 Å². The fourth-order valence-electron chi connectivity index (χ4n) is 5.68.